The van der Waals surface area contributed by atoms with E-state index < -0.39 is 30.2 Å². The van der Waals surface area contributed by atoms with Crippen molar-refractivity contribution in [2.75, 3.05) is 0 Å². The van der Waals surface area contributed by atoms with Crippen LogP contribution in [0, 0.1) is 0 Å². The van der Waals surface area contributed by atoms with Gasteiger partial charge in [-0.3, -0.25) is 0 Å². The molecular formula is C14H32O2Si3. The van der Waals surface area contributed by atoms with Crippen LogP contribution >= 0.6 is 0 Å². The molecule has 0 atom stereocenters. The van der Waals surface area contributed by atoms with Gasteiger partial charge in [0.05, 0.1) is 0 Å². The van der Waals surface area contributed by atoms with Crippen LogP contribution in [0.1, 0.15) is 6.92 Å². The predicted molar refractivity (Wildman–Crippen MR) is 94.1 cm³/mol. The van der Waals surface area contributed by atoms with E-state index in [2.05, 4.69) is 65.0 Å². The summed E-state index contributed by atoms with van der Waals surface area (Å²) in [5.74, 6) is -0.765. The second-order valence-electron chi connectivity index (χ2n) is 8.69. The van der Waals surface area contributed by atoms with E-state index in [0.29, 0.717) is 5.57 Å². The zero-order valence-corrected chi connectivity index (χ0v) is 17.4. The number of rotatable bonds is 5. The fourth-order valence-electron chi connectivity index (χ4n) is 4.41. The minimum atomic E-state index is -1.53. The highest BCUT2D eigenvalue weighted by atomic mass is 28.5. The molecule has 0 fully saturated rings. The van der Waals surface area contributed by atoms with Crippen molar-refractivity contribution in [1.29, 1.82) is 0 Å². The topological polar surface area (TPSA) is 37.3 Å². The Morgan fingerprint density at radius 2 is 1.11 bits per heavy atom. The van der Waals surface area contributed by atoms with Crippen LogP contribution in [0.4, 0.5) is 0 Å². The number of hydrogen-bond donors (Lipinski definition) is 1. The number of carboxylic acid groups (broad SMARTS) is 1. The predicted octanol–water partition coefficient (Wildman–Crippen LogP) is 4.85. The van der Waals surface area contributed by atoms with Gasteiger partial charge in [-0.1, -0.05) is 65.0 Å². The van der Waals surface area contributed by atoms with Gasteiger partial charge in [-0.25, -0.2) is 4.79 Å². The van der Waals surface area contributed by atoms with Gasteiger partial charge in [-0.2, -0.15) is 0 Å². The largest absolute Gasteiger partial charge is 0.478 e. The molecule has 0 aliphatic rings. The van der Waals surface area contributed by atoms with Crippen LogP contribution in [0.3, 0.4) is 0 Å². The van der Waals surface area contributed by atoms with Crippen molar-refractivity contribution in [3.63, 3.8) is 0 Å². The Kier molecular flexibility index (Phi) is 5.29. The van der Waals surface area contributed by atoms with Crippen molar-refractivity contribution < 1.29 is 9.90 Å². The van der Waals surface area contributed by atoms with Crippen LogP contribution in [-0.4, -0.2) is 35.3 Å². The molecule has 0 amide bonds. The summed E-state index contributed by atoms with van der Waals surface area (Å²) in [5, 5.41) is 9.32. The summed E-state index contributed by atoms with van der Waals surface area (Å²) in [6, 6.07) is 0. The van der Waals surface area contributed by atoms with Gasteiger partial charge in [0.1, 0.15) is 0 Å². The molecule has 0 aromatic heterocycles. The van der Waals surface area contributed by atoms with Crippen LogP contribution in [-0.2, 0) is 4.79 Å². The molecule has 0 saturated carbocycles. The summed E-state index contributed by atoms with van der Waals surface area (Å²) in [6.45, 7) is 23.5. The van der Waals surface area contributed by atoms with Gasteiger partial charge in [0.15, 0.2) is 0 Å². The third-order valence-electron chi connectivity index (χ3n) is 4.32. The molecule has 0 radical (unpaired) electrons. The zero-order chi connectivity index (χ0) is 15.9. The molecule has 0 heterocycles. The first-order valence-electron chi connectivity index (χ1n) is 7.01. The van der Waals surface area contributed by atoms with E-state index in [0.717, 1.165) is 0 Å². The van der Waals surface area contributed by atoms with E-state index in [-0.39, 0.29) is 4.28 Å². The van der Waals surface area contributed by atoms with Crippen molar-refractivity contribution in [1.82, 2.24) is 0 Å². The lowest BCUT2D eigenvalue weighted by Gasteiger charge is -2.57. The van der Waals surface area contributed by atoms with Crippen molar-refractivity contribution in [2.45, 2.75) is 70.1 Å². The van der Waals surface area contributed by atoms with Gasteiger partial charge in [0, 0.05) is 29.8 Å². The second-order valence-corrected chi connectivity index (χ2v) is 26.1. The molecule has 1 N–H and O–H groups in total. The molecule has 0 unspecified atom stereocenters. The van der Waals surface area contributed by atoms with Gasteiger partial charge < -0.3 is 5.11 Å². The van der Waals surface area contributed by atoms with Crippen molar-refractivity contribution in [3.05, 3.63) is 11.6 Å². The fourth-order valence-corrected chi connectivity index (χ4v) is 33.4. The molecule has 2 nitrogen and oxygen atoms in total. The normalized spacial score (nSPS) is 15.6. The van der Waals surface area contributed by atoms with E-state index in [4.69, 9.17) is 0 Å². The minimum absolute atomic E-state index is 0.190. The van der Waals surface area contributed by atoms with Crippen molar-refractivity contribution >= 4 is 30.2 Å². The maximum atomic E-state index is 11.3. The summed E-state index contributed by atoms with van der Waals surface area (Å²) in [4.78, 5) is 11.3. The first kappa shape index (κ1) is 18.9. The maximum absolute atomic E-state index is 11.3. The van der Waals surface area contributed by atoms with E-state index >= 15 is 0 Å². The number of aliphatic carboxylic acids is 1. The smallest absolute Gasteiger partial charge is 0.330 e. The molecule has 0 aliphatic carbocycles. The summed E-state index contributed by atoms with van der Waals surface area (Å²) in [5.41, 5.74) is 0.535. The van der Waals surface area contributed by atoms with Crippen LogP contribution < -0.4 is 0 Å². The summed E-state index contributed by atoms with van der Waals surface area (Å²) >= 11 is 0. The highest BCUT2D eigenvalue weighted by Crippen LogP contribution is 2.55. The molecule has 0 spiro atoms. The number of allylic oxidation sites excluding steroid dienone is 1. The van der Waals surface area contributed by atoms with E-state index in [1.54, 1.807) is 6.92 Å². The van der Waals surface area contributed by atoms with E-state index in [9.17, 15) is 9.90 Å². The highest BCUT2D eigenvalue weighted by molar-refractivity contribution is 7.15. The first-order valence-corrected chi connectivity index (χ1v) is 17.5. The molecule has 0 aliphatic heterocycles. The molecule has 0 bridgehead atoms. The number of hydrogen-bond acceptors (Lipinski definition) is 1. The first-order chi connectivity index (χ1) is 8.08. The quantitative estimate of drug-likeness (QED) is 0.581. The molecule has 0 saturated heterocycles. The second kappa shape index (κ2) is 5.33. The average molecular weight is 317 g/mol. The third kappa shape index (κ3) is 3.49. The summed E-state index contributed by atoms with van der Waals surface area (Å²) in [6.07, 6.45) is 2.18. The third-order valence-corrected chi connectivity index (χ3v) is 25.4. The summed E-state index contributed by atoms with van der Waals surface area (Å²) < 4.78 is 0.190. The van der Waals surface area contributed by atoms with Gasteiger partial charge in [-0.05, 0) is 11.2 Å². The molecule has 5 heteroatoms. The molecule has 112 valence electrons. The average Bonchev–Trinajstić information content (AvgIpc) is 2.06. The Morgan fingerprint density at radius 1 is 0.842 bits per heavy atom. The lowest BCUT2D eigenvalue weighted by Crippen LogP contribution is -2.64. The number of carboxylic acids is 1. The van der Waals surface area contributed by atoms with Crippen molar-refractivity contribution in [2.24, 2.45) is 0 Å². The Hall–Kier alpha value is -0.139. The fraction of sp³-hybridized carbons (Fsp3) is 0.786. The lowest BCUT2D eigenvalue weighted by molar-refractivity contribution is -0.132. The highest BCUT2D eigenvalue weighted by Gasteiger charge is 2.58. The Bertz CT molecular complexity index is 343. The lowest BCUT2D eigenvalue weighted by atomic mass is 10.3. The monoisotopic (exact) mass is 316 g/mol. The Labute approximate surface area is 122 Å². The molecule has 0 rings (SSSR count). The summed E-state index contributed by atoms with van der Waals surface area (Å²) in [7, 11) is -4.60. The SMILES string of the molecule is CC(=CC([Si](C)(C)C)([Si](C)(C)C)[Si](C)(C)C)C(=O)O. The van der Waals surface area contributed by atoms with Crippen LogP contribution in [0.2, 0.25) is 63.2 Å². The van der Waals surface area contributed by atoms with E-state index in [1.165, 1.54) is 0 Å². The van der Waals surface area contributed by atoms with Crippen molar-refractivity contribution in [3.8, 4) is 0 Å². The molecule has 0 aromatic carbocycles. The molecular weight excluding hydrogens is 284 g/mol. The zero-order valence-electron chi connectivity index (χ0n) is 14.4. The van der Waals surface area contributed by atoms with Crippen LogP contribution in [0.25, 0.3) is 0 Å². The van der Waals surface area contributed by atoms with Gasteiger partial charge >= 0.3 is 5.97 Å². The van der Waals surface area contributed by atoms with Gasteiger partial charge in [-0.15, -0.1) is 0 Å². The van der Waals surface area contributed by atoms with Crippen LogP contribution in [0.5, 0.6) is 0 Å². The molecule has 19 heavy (non-hydrogen) atoms. The Morgan fingerprint density at radius 3 is 1.26 bits per heavy atom. The standard InChI is InChI=1S/C14H32O2Si3/c1-12(13(15)16)11-14(17(2,3)4,18(5,6)7)19(8,9)10/h11H,1-10H3,(H,15,16). The molecule has 0 aromatic rings. The maximum Gasteiger partial charge on any atom is 0.330 e. The Balaban J connectivity index is 6.46. The van der Waals surface area contributed by atoms with Gasteiger partial charge in [0.25, 0.3) is 0 Å². The number of carbonyl (C=O) groups is 1. The van der Waals surface area contributed by atoms with Crippen LogP contribution in [0.15, 0.2) is 11.6 Å². The minimum Gasteiger partial charge on any atom is -0.478 e. The van der Waals surface area contributed by atoms with E-state index in [1.807, 2.05) is 0 Å². The van der Waals surface area contributed by atoms with Gasteiger partial charge in [0.2, 0.25) is 0 Å².